The van der Waals surface area contributed by atoms with Crippen molar-refractivity contribution in [2.24, 2.45) is 0 Å². The number of carbonyl (C=O) groups is 1. The van der Waals surface area contributed by atoms with Gasteiger partial charge in [-0.25, -0.2) is 0 Å². The first-order chi connectivity index (χ1) is 10.2. The van der Waals surface area contributed by atoms with Crippen molar-refractivity contribution in [3.63, 3.8) is 0 Å². The van der Waals surface area contributed by atoms with Gasteiger partial charge in [-0.15, -0.1) is 10.2 Å². The second-order valence-corrected chi connectivity index (χ2v) is 6.09. The first kappa shape index (κ1) is 13.7. The molecule has 1 aliphatic carbocycles. The maximum Gasteiger partial charge on any atom is 0.226 e. The summed E-state index contributed by atoms with van der Waals surface area (Å²) < 4.78 is 0. The molecule has 1 heterocycles. The van der Waals surface area contributed by atoms with Crippen LogP contribution in [-0.4, -0.2) is 16.1 Å². The summed E-state index contributed by atoms with van der Waals surface area (Å²) in [5, 5.41) is 21.2. The van der Waals surface area contributed by atoms with Gasteiger partial charge in [0, 0.05) is 12.3 Å². The van der Waals surface area contributed by atoms with Crippen LogP contribution < -0.4 is 5.32 Å². The molecule has 1 N–H and O–H groups in total. The molecule has 1 fully saturated rings. The minimum absolute atomic E-state index is 0.0575. The Bertz CT molecular complexity index is 682. The van der Waals surface area contributed by atoms with E-state index in [2.05, 4.69) is 21.6 Å². The van der Waals surface area contributed by atoms with Gasteiger partial charge in [0.1, 0.15) is 5.01 Å². The van der Waals surface area contributed by atoms with Gasteiger partial charge in [0.25, 0.3) is 0 Å². The quantitative estimate of drug-likeness (QED) is 0.920. The maximum absolute atomic E-state index is 11.9. The zero-order chi connectivity index (χ0) is 14.7. The average molecular weight is 298 g/mol. The van der Waals surface area contributed by atoms with Crippen molar-refractivity contribution in [3.8, 4) is 6.07 Å². The van der Waals surface area contributed by atoms with Crippen LogP contribution in [0.1, 0.15) is 41.3 Å². The van der Waals surface area contributed by atoms with E-state index in [1.54, 1.807) is 12.1 Å². The highest BCUT2D eigenvalue weighted by Gasteiger charge is 2.27. The number of anilines is 1. The van der Waals surface area contributed by atoms with Crippen molar-refractivity contribution in [3.05, 3.63) is 40.4 Å². The van der Waals surface area contributed by atoms with Crippen LogP contribution in [0.3, 0.4) is 0 Å². The molecule has 0 atom stereocenters. The van der Waals surface area contributed by atoms with Crippen LogP contribution in [0.15, 0.2) is 24.3 Å². The van der Waals surface area contributed by atoms with E-state index >= 15 is 0 Å². The van der Waals surface area contributed by atoms with E-state index in [0.717, 1.165) is 10.6 Å². The number of nitriles is 1. The molecule has 1 aromatic heterocycles. The molecular formula is C15H14N4OS. The Kier molecular flexibility index (Phi) is 3.93. The summed E-state index contributed by atoms with van der Waals surface area (Å²) in [7, 11) is 0. The zero-order valence-electron chi connectivity index (χ0n) is 11.4. The molecule has 0 spiro atoms. The minimum Gasteiger partial charge on any atom is -0.301 e. The molecule has 1 aromatic carbocycles. The molecule has 0 saturated heterocycles. The number of carbonyl (C=O) groups excluding carboxylic acids is 1. The SMILES string of the molecule is N#Cc1ccc(CCC(=O)Nc2nnc(C3CC3)s2)cc1. The first-order valence-corrected chi connectivity index (χ1v) is 7.68. The van der Waals surface area contributed by atoms with E-state index < -0.39 is 0 Å². The van der Waals surface area contributed by atoms with Crippen LogP contribution in [0.5, 0.6) is 0 Å². The Labute approximate surface area is 126 Å². The van der Waals surface area contributed by atoms with Gasteiger partial charge in [0.05, 0.1) is 11.6 Å². The Hall–Kier alpha value is -2.26. The molecule has 1 amide bonds. The van der Waals surface area contributed by atoms with Gasteiger partial charge < -0.3 is 5.32 Å². The standard InChI is InChI=1S/C15H14N4OS/c16-9-11-3-1-10(2-4-11)5-8-13(20)17-15-19-18-14(21-15)12-6-7-12/h1-4,12H,5-8H2,(H,17,19,20). The molecular weight excluding hydrogens is 284 g/mol. The number of nitrogens with one attached hydrogen (secondary N) is 1. The Morgan fingerprint density at radius 3 is 2.76 bits per heavy atom. The Balaban J connectivity index is 1.50. The molecule has 0 unspecified atom stereocenters. The van der Waals surface area contributed by atoms with Crippen molar-refractivity contribution < 1.29 is 4.79 Å². The van der Waals surface area contributed by atoms with Crippen LogP contribution in [-0.2, 0) is 11.2 Å². The summed E-state index contributed by atoms with van der Waals surface area (Å²) in [6.07, 6.45) is 3.40. The number of hydrogen-bond acceptors (Lipinski definition) is 5. The fourth-order valence-electron chi connectivity index (χ4n) is 1.97. The van der Waals surface area contributed by atoms with Crippen molar-refractivity contribution in [1.29, 1.82) is 5.26 Å². The fraction of sp³-hybridized carbons (Fsp3) is 0.333. The van der Waals surface area contributed by atoms with Crippen molar-refractivity contribution >= 4 is 22.4 Å². The highest BCUT2D eigenvalue weighted by atomic mass is 32.1. The van der Waals surface area contributed by atoms with Gasteiger partial charge in [0.2, 0.25) is 11.0 Å². The number of nitrogens with zero attached hydrogens (tertiary/aromatic N) is 3. The van der Waals surface area contributed by atoms with E-state index in [1.807, 2.05) is 12.1 Å². The van der Waals surface area contributed by atoms with Crippen molar-refractivity contribution in [2.45, 2.75) is 31.6 Å². The summed E-state index contributed by atoms with van der Waals surface area (Å²) in [4.78, 5) is 11.9. The van der Waals surface area contributed by atoms with E-state index in [1.165, 1.54) is 24.2 Å². The van der Waals surface area contributed by atoms with Gasteiger partial charge in [-0.3, -0.25) is 4.79 Å². The molecule has 21 heavy (non-hydrogen) atoms. The van der Waals surface area contributed by atoms with Crippen LogP contribution in [0.25, 0.3) is 0 Å². The summed E-state index contributed by atoms with van der Waals surface area (Å²) in [5.41, 5.74) is 1.67. The normalized spacial score (nSPS) is 13.7. The average Bonchev–Trinajstić information content (AvgIpc) is 3.26. The second kappa shape index (κ2) is 6.02. The summed E-state index contributed by atoms with van der Waals surface area (Å²) >= 11 is 1.47. The lowest BCUT2D eigenvalue weighted by Gasteiger charge is -2.02. The fourth-order valence-corrected chi connectivity index (χ4v) is 2.89. The molecule has 1 aliphatic rings. The molecule has 2 aromatic rings. The van der Waals surface area contributed by atoms with Gasteiger partial charge >= 0.3 is 0 Å². The van der Waals surface area contributed by atoms with Gasteiger partial charge in [-0.05, 0) is 37.0 Å². The predicted molar refractivity (Wildman–Crippen MR) is 80.0 cm³/mol. The largest absolute Gasteiger partial charge is 0.301 e. The molecule has 0 aliphatic heterocycles. The van der Waals surface area contributed by atoms with Crippen LogP contribution in [0.4, 0.5) is 5.13 Å². The Morgan fingerprint density at radius 1 is 1.33 bits per heavy atom. The molecule has 1 saturated carbocycles. The third-order valence-electron chi connectivity index (χ3n) is 3.34. The van der Waals surface area contributed by atoms with Crippen molar-refractivity contribution in [2.75, 3.05) is 5.32 Å². The lowest BCUT2D eigenvalue weighted by molar-refractivity contribution is -0.116. The van der Waals surface area contributed by atoms with E-state index in [9.17, 15) is 4.79 Å². The molecule has 0 radical (unpaired) electrons. The zero-order valence-corrected chi connectivity index (χ0v) is 12.2. The highest BCUT2D eigenvalue weighted by molar-refractivity contribution is 7.15. The molecule has 106 valence electrons. The lowest BCUT2D eigenvalue weighted by atomic mass is 10.1. The summed E-state index contributed by atoms with van der Waals surface area (Å²) in [6.45, 7) is 0. The van der Waals surface area contributed by atoms with Gasteiger partial charge in [0.15, 0.2) is 0 Å². The number of aryl methyl sites for hydroxylation is 1. The van der Waals surface area contributed by atoms with Crippen LogP contribution >= 0.6 is 11.3 Å². The van der Waals surface area contributed by atoms with E-state index in [-0.39, 0.29) is 5.91 Å². The van der Waals surface area contributed by atoms with Crippen molar-refractivity contribution in [1.82, 2.24) is 10.2 Å². The maximum atomic E-state index is 11.9. The molecule has 3 rings (SSSR count). The number of rotatable bonds is 5. The van der Waals surface area contributed by atoms with Crippen LogP contribution in [0.2, 0.25) is 0 Å². The topological polar surface area (TPSA) is 78.7 Å². The Morgan fingerprint density at radius 2 is 2.10 bits per heavy atom. The van der Waals surface area contributed by atoms with E-state index in [4.69, 9.17) is 5.26 Å². The predicted octanol–water partition coefficient (Wildman–Crippen LogP) is 2.86. The smallest absolute Gasteiger partial charge is 0.226 e. The first-order valence-electron chi connectivity index (χ1n) is 6.87. The van der Waals surface area contributed by atoms with Crippen LogP contribution in [0, 0.1) is 11.3 Å². The second-order valence-electron chi connectivity index (χ2n) is 5.08. The number of benzene rings is 1. The lowest BCUT2D eigenvalue weighted by Crippen LogP contribution is -2.12. The molecule has 0 bridgehead atoms. The number of amides is 1. The highest BCUT2D eigenvalue weighted by Crippen LogP contribution is 2.42. The number of aromatic nitrogens is 2. The summed E-state index contributed by atoms with van der Waals surface area (Å²) in [5.74, 6) is 0.504. The minimum atomic E-state index is -0.0575. The molecule has 5 nitrogen and oxygen atoms in total. The number of hydrogen-bond donors (Lipinski definition) is 1. The van der Waals surface area contributed by atoms with E-state index in [0.29, 0.717) is 29.5 Å². The third-order valence-corrected chi connectivity index (χ3v) is 4.34. The third kappa shape index (κ3) is 3.64. The van der Waals surface area contributed by atoms with Gasteiger partial charge in [-0.1, -0.05) is 23.5 Å². The summed E-state index contributed by atoms with van der Waals surface area (Å²) in [6, 6.07) is 9.36. The van der Waals surface area contributed by atoms with Gasteiger partial charge in [-0.2, -0.15) is 5.26 Å². The monoisotopic (exact) mass is 298 g/mol. The molecule has 6 heteroatoms.